The maximum atomic E-state index is 13.3. The maximum Gasteiger partial charge on any atom is 0.253 e. The molecule has 0 saturated carbocycles. The Morgan fingerprint density at radius 1 is 1.06 bits per heavy atom. The van der Waals surface area contributed by atoms with Crippen LogP contribution >= 0.6 is 0 Å². The van der Waals surface area contributed by atoms with Gasteiger partial charge in [0, 0.05) is 74.5 Å². The molecule has 2 aliphatic heterocycles. The second-order valence-electron chi connectivity index (χ2n) is 8.79. The smallest absolute Gasteiger partial charge is 0.253 e. The molecule has 5 rings (SSSR count). The molecule has 0 spiro atoms. The van der Waals surface area contributed by atoms with Gasteiger partial charge in [-0.2, -0.15) is 0 Å². The Balaban J connectivity index is 1.20. The van der Waals surface area contributed by atoms with Gasteiger partial charge in [-0.1, -0.05) is 12.1 Å². The number of ether oxygens (including phenoxy) is 1. The summed E-state index contributed by atoms with van der Waals surface area (Å²) < 4.78 is 5.28. The van der Waals surface area contributed by atoms with Crippen LogP contribution < -0.4 is 9.64 Å². The molecule has 7 nitrogen and oxygen atoms in total. The van der Waals surface area contributed by atoms with E-state index in [9.17, 15) is 4.79 Å². The fraction of sp³-hybridized carbons (Fsp3) is 0.385. The first-order chi connectivity index (χ1) is 16.2. The Morgan fingerprint density at radius 3 is 2.61 bits per heavy atom. The fourth-order valence-corrected chi connectivity index (χ4v) is 4.98. The third kappa shape index (κ3) is 4.73. The quantitative estimate of drug-likeness (QED) is 0.651. The molecule has 2 saturated heterocycles. The van der Waals surface area contributed by atoms with Gasteiger partial charge >= 0.3 is 0 Å². The van der Waals surface area contributed by atoms with E-state index in [4.69, 9.17) is 4.74 Å². The van der Waals surface area contributed by atoms with Crippen LogP contribution in [-0.2, 0) is 0 Å². The molecule has 2 aromatic carbocycles. The summed E-state index contributed by atoms with van der Waals surface area (Å²) in [6, 6.07) is 16.5. The third-order valence-electron chi connectivity index (χ3n) is 6.83. The summed E-state index contributed by atoms with van der Waals surface area (Å²) in [6.45, 7) is 5.67. The zero-order valence-electron chi connectivity index (χ0n) is 19.1. The number of imidazole rings is 1. The SMILES string of the molecule is COc1ccc(N2CCN(C3CCCN(C(=O)c4cccc(-c5ncc[nH]5)c4)C3)CC2)cc1. The number of anilines is 1. The molecule has 1 aromatic heterocycles. The zero-order valence-corrected chi connectivity index (χ0v) is 19.1. The number of hydrogen-bond donors (Lipinski definition) is 1. The number of hydrogen-bond acceptors (Lipinski definition) is 5. The van der Waals surface area contributed by atoms with Gasteiger partial charge in [-0.25, -0.2) is 4.98 Å². The van der Waals surface area contributed by atoms with Crippen LogP contribution in [0.1, 0.15) is 23.2 Å². The molecule has 2 aliphatic rings. The minimum absolute atomic E-state index is 0.116. The Morgan fingerprint density at radius 2 is 1.88 bits per heavy atom. The van der Waals surface area contributed by atoms with E-state index in [1.807, 2.05) is 41.3 Å². The zero-order chi connectivity index (χ0) is 22.6. The van der Waals surface area contributed by atoms with E-state index in [2.05, 4.69) is 31.9 Å². The van der Waals surface area contributed by atoms with Crippen molar-refractivity contribution in [2.24, 2.45) is 0 Å². The molecule has 0 radical (unpaired) electrons. The largest absolute Gasteiger partial charge is 0.497 e. The van der Waals surface area contributed by atoms with E-state index in [-0.39, 0.29) is 5.91 Å². The number of carbonyl (C=O) groups is 1. The highest BCUT2D eigenvalue weighted by atomic mass is 16.5. The van der Waals surface area contributed by atoms with Crippen molar-refractivity contribution in [1.82, 2.24) is 19.8 Å². The minimum Gasteiger partial charge on any atom is -0.497 e. The molecule has 1 N–H and O–H groups in total. The maximum absolute atomic E-state index is 13.3. The first-order valence-corrected chi connectivity index (χ1v) is 11.7. The topological polar surface area (TPSA) is 64.7 Å². The van der Waals surface area contributed by atoms with E-state index in [0.29, 0.717) is 6.04 Å². The van der Waals surface area contributed by atoms with Crippen molar-refractivity contribution in [2.75, 3.05) is 51.3 Å². The summed E-state index contributed by atoms with van der Waals surface area (Å²) in [5.41, 5.74) is 2.91. The highest BCUT2D eigenvalue weighted by Gasteiger charge is 2.30. The average molecular weight is 446 g/mol. The van der Waals surface area contributed by atoms with Gasteiger partial charge in [0.1, 0.15) is 11.6 Å². The highest BCUT2D eigenvalue weighted by Crippen LogP contribution is 2.24. The Labute approximate surface area is 195 Å². The van der Waals surface area contributed by atoms with Crippen LogP contribution in [0.2, 0.25) is 0 Å². The summed E-state index contributed by atoms with van der Waals surface area (Å²) in [5.74, 6) is 1.79. The van der Waals surface area contributed by atoms with Crippen LogP contribution in [0.5, 0.6) is 5.75 Å². The van der Waals surface area contributed by atoms with Crippen molar-refractivity contribution >= 4 is 11.6 Å². The van der Waals surface area contributed by atoms with Crippen molar-refractivity contribution in [3.8, 4) is 17.1 Å². The molecule has 7 heteroatoms. The predicted octanol–water partition coefficient (Wildman–Crippen LogP) is 3.51. The van der Waals surface area contributed by atoms with Crippen molar-refractivity contribution in [1.29, 1.82) is 0 Å². The lowest BCUT2D eigenvalue weighted by Gasteiger charge is -2.44. The molecule has 33 heavy (non-hydrogen) atoms. The number of nitrogens with zero attached hydrogens (tertiary/aromatic N) is 4. The number of H-pyrrole nitrogens is 1. The van der Waals surface area contributed by atoms with E-state index >= 15 is 0 Å². The monoisotopic (exact) mass is 445 g/mol. The summed E-state index contributed by atoms with van der Waals surface area (Å²) >= 11 is 0. The predicted molar refractivity (Wildman–Crippen MR) is 130 cm³/mol. The minimum atomic E-state index is 0.116. The number of likely N-dealkylation sites (tertiary alicyclic amines) is 1. The van der Waals surface area contributed by atoms with E-state index in [1.54, 1.807) is 19.5 Å². The molecule has 3 aromatic rings. The third-order valence-corrected chi connectivity index (χ3v) is 6.83. The lowest BCUT2D eigenvalue weighted by molar-refractivity contribution is 0.0563. The van der Waals surface area contributed by atoms with Crippen LogP contribution in [0.15, 0.2) is 60.9 Å². The molecule has 0 bridgehead atoms. The Bertz CT molecular complexity index is 1060. The van der Waals surface area contributed by atoms with E-state index in [1.165, 1.54) is 5.69 Å². The molecule has 3 heterocycles. The van der Waals surface area contributed by atoms with Crippen LogP contribution in [0, 0.1) is 0 Å². The van der Waals surface area contributed by atoms with Gasteiger partial charge in [-0.3, -0.25) is 9.69 Å². The van der Waals surface area contributed by atoms with Gasteiger partial charge in [-0.05, 0) is 49.2 Å². The average Bonchev–Trinajstić information content (AvgIpc) is 3.44. The normalized spacial score (nSPS) is 19.5. The lowest BCUT2D eigenvalue weighted by Crippen LogP contribution is -2.55. The second kappa shape index (κ2) is 9.67. The fourth-order valence-electron chi connectivity index (χ4n) is 4.98. The van der Waals surface area contributed by atoms with Gasteiger partial charge in [0.2, 0.25) is 0 Å². The van der Waals surface area contributed by atoms with Gasteiger partial charge in [0.25, 0.3) is 5.91 Å². The van der Waals surface area contributed by atoms with Crippen molar-refractivity contribution in [3.63, 3.8) is 0 Å². The highest BCUT2D eigenvalue weighted by molar-refractivity contribution is 5.95. The van der Waals surface area contributed by atoms with Gasteiger partial charge in [0.15, 0.2) is 0 Å². The number of methoxy groups -OCH3 is 1. The number of piperidine rings is 1. The van der Waals surface area contributed by atoms with Crippen LogP contribution in [0.4, 0.5) is 5.69 Å². The summed E-state index contributed by atoms with van der Waals surface area (Å²) in [4.78, 5) is 27.8. The molecule has 2 fully saturated rings. The van der Waals surface area contributed by atoms with E-state index < -0.39 is 0 Å². The van der Waals surface area contributed by atoms with Crippen LogP contribution in [0.25, 0.3) is 11.4 Å². The Kier molecular flexibility index (Phi) is 6.30. The molecule has 172 valence electrons. The first kappa shape index (κ1) is 21.5. The number of aromatic amines is 1. The standard InChI is InChI=1S/C26H31N5O2/c1-33-24-9-7-22(8-10-24)29-14-16-30(17-15-29)23-6-3-13-31(19-23)26(32)21-5-2-4-20(18-21)25-27-11-12-28-25/h2,4-5,7-12,18,23H,3,6,13-17,19H2,1H3,(H,27,28). The summed E-state index contributed by atoms with van der Waals surface area (Å²) in [5, 5.41) is 0. The van der Waals surface area contributed by atoms with Gasteiger partial charge in [-0.15, -0.1) is 0 Å². The summed E-state index contributed by atoms with van der Waals surface area (Å²) in [6.07, 6.45) is 5.73. The second-order valence-corrected chi connectivity index (χ2v) is 8.79. The molecule has 1 atom stereocenters. The molecule has 1 unspecified atom stereocenters. The number of rotatable bonds is 5. The van der Waals surface area contributed by atoms with Crippen molar-refractivity contribution < 1.29 is 9.53 Å². The number of benzene rings is 2. The number of nitrogens with one attached hydrogen (secondary N) is 1. The summed E-state index contributed by atoms with van der Waals surface area (Å²) in [7, 11) is 1.70. The van der Waals surface area contributed by atoms with Crippen LogP contribution in [-0.4, -0.2) is 78.1 Å². The number of piperazine rings is 1. The molecule has 0 aliphatic carbocycles. The molecular weight excluding hydrogens is 414 g/mol. The molecule has 1 amide bonds. The van der Waals surface area contributed by atoms with Crippen LogP contribution in [0.3, 0.4) is 0 Å². The van der Waals surface area contributed by atoms with Crippen molar-refractivity contribution in [3.05, 3.63) is 66.5 Å². The van der Waals surface area contributed by atoms with E-state index in [0.717, 1.165) is 74.8 Å². The lowest BCUT2D eigenvalue weighted by atomic mass is 10.0. The van der Waals surface area contributed by atoms with Crippen molar-refractivity contribution in [2.45, 2.75) is 18.9 Å². The van der Waals surface area contributed by atoms with Gasteiger partial charge in [0.05, 0.1) is 7.11 Å². The number of carbonyl (C=O) groups excluding carboxylic acids is 1. The number of amides is 1. The number of aromatic nitrogens is 2. The first-order valence-electron chi connectivity index (χ1n) is 11.7. The Hall–Kier alpha value is -3.32. The molecular formula is C26H31N5O2. The van der Waals surface area contributed by atoms with Gasteiger partial charge < -0.3 is 19.5 Å².